The zero-order chi connectivity index (χ0) is 19.5. The van der Waals surface area contributed by atoms with Gasteiger partial charge in [-0.15, -0.1) is 0 Å². The monoisotopic (exact) mass is 385 g/mol. The van der Waals surface area contributed by atoms with E-state index in [1.807, 2.05) is 4.90 Å². The van der Waals surface area contributed by atoms with E-state index in [4.69, 9.17) is 4.52 Å². The van der Waals surface area contributed by atoms with Crippen molar-refractivity contribution in [2.75, 3.05) is 13.1 Å². The summed E-state index contributed by atoms with van der Waals surface area (Å²) in [5, 5.41) is 11.8. The van der Waals surface area contributed by atoms with Crippen LogP contribution in [0.5, 0.6) is 0 Å². The van der Waals surface area contributed by atoms with Gasteiger partial charge in [-0.3, -0.25) is 9.89 Å². The molecule has 1 unspecified atom stereocenters. The second kappa shape index (κ2) is 8.45. The second-order valence-corrected chi connectivity index (χ2v) is 8.66. The fourth-order valence-corrected chi connectivity index (χ4v) is 4.43. The number of aromatic nitrogens is 4. The summed E-state index contributed by atoms with van der Waals surface area (Å²) < 4.78 is 5.50. The lowest BCUT2D eigenvalue weighted by Crippen LogP contribution is -2.39. The molecule has 0 saturated carbocycles. The van der Waals surface area contributed by atoms with Crippen molar-refractivity contribution in [3.8, 4) is 0 Å². The fourth-order valence-electron chi connectivity index (χ4n) is 4.43. The van der Waals surface area contributed by atoms with E-state index in [1.54, 1.807) is 0 Å². The van der Waals surface area contributed by atoms with Gasteiger partial charge in [0.1, 0.15) is 0 Å². The number of amides is 1. The molecule has 0 radical (unpaired) electrons. The Kier molecular flexibility index (Phi) is 5.78. The van der Waals surface area contributed by atoms with Crippen molar-refractivity contribution >= 4 is 5.91 Å². The molecule has 152 valence electrons. The Labute approximate surface area is 166 Å². The fraction of sp³-hybridized carbons (Fsp3) is 0.714. The van der Waals surface area contributed by atoms with Gasteiger partial charge in [0.15, 0.2) is 5.82 Å². The van der Waals surface area contributed by atoms with Crippen LogP contribution in [-0.2, 0) is 30.5 Å². The number of nitrogens with zero attached hydrogens (tertiary/aromatic N) is 4. The normalized spacial score (nSPS) is 19.8. The quantitative estimate of drug-likeness (QED) is 0.825. The Morgan fingerprint density at radius 3 is 3.00 bits per heavy atom. The van der Waals surface area contributed by atoms with Gasteiger partial charge in [0.2, 0.25) is 11.8 Å². The van der Waals surface area contributed by atoms with Crippen LogP contribution in [-0.4, -0.2) is 44.2 Å². The number of nitrogens with one attached hydrogen (secondary N) is 1. The predicted molar refractivity (Wildman–Crippen MR) is 105 cm³/mol. The van der Waals surface area contributed by atoms with Crippen molar-refractivity contribution < 1.29 is 9.32 Å². The third-order valence-electron chi connectivity index (χ3n) is 5.92. The summed E-state index contributed by atoms with van der Waals surface area (Å²) in [6.07, 6.45) is 8.70. The minimum absolute atomic E-state index is 0.157. The van der Waals surface area contributed by atoms with Gasteiger partial charge in [-0.05, 0) is 50.0 Å². The molecule has 4 rings (SSSR count). The molecule has 7 nitrogen and oxygen atoms in total. The van der Waals surface area contributed by atoms with Crippen LogP contribution in [0.3, 0.4) is 0 Å². The summed E-state index contributed by atoms with van der Waals surface area (Å²) in [6.45, 7) is 5.79. The van der Waals surface area contributed by atoms with E-state index in [1.165, 1.54) is 24.1 Å². The molecule has 1 N–H and O–H groups in total. The number of aryl methyl sites for hydroxylation is 2. The Morgan fingerprint density at radius 1 is 1.29 bits per heavy atom. The Balaban J connectivity index is 1.33. The molecule has 2 aromatic heterocycles. The lowest BCUT2D eigenvalue weighted by atomic mass is 9.94. The molecule has 1 atom stereocenters. The first-order valence-corrected chi connectivity index (χ1v) is 10.8. The molecule has 1 aliphatic carbocycles. The largest absolute Gasteiger partial charge is 0.342 e. The Morgan fingerprint density at radius 2 is 2.14 bits per heavy atom. The minimum Gasteiger partial charge on any atom is -0.342 e. The third kappa shape index (κ3) is 4.28. The van der Waals surface area contributed by atoms with Gasteiger partial charge in [-0.2, -0.15) is 10.1 Å². The molecular formula is C21H31N5O2. The van der Waals surface area contributed by atoms with Crippen LogP contribution in [0.2, 0.25) is 0 Å². The lowest BCUT2D eigenvalue weighted by molar-refractivity contribution is -0.132. The number of hydrogen-bond donors (Lipinski definition) is 1. The SMILES string of the molecule is CC(C)Cc1noc(C2CCCN(C(=O)CCc3n[nH]c4c3CCCC4)C2)n1. The molecular weight excluding hydrogens is 354 g/mol. The highest BCUT2D eigenvalue weighted by Gasteiger charge is 2.29. The minimum atomic E-state index is 0.157. The lowest BCUT2D eigenvalue weighted by Gasteiger charge is -2.31. The first-order chi connectivity index (χ1) is 13.6. The molecule has 2 aliphatic rings. The number of fused-ring (bicyclic) bond motifs is 1. The van der Waals surface area contributed by atoms with Crippen LogP contribution in [0.4, 0.5) is 0 Å². The average Bonchev–Trinajstić information content (AvgIpc) is 3.33. The number of piperidine rings is 1. The molecule has 28 heavy (non-hydrogen) atoms. The highest BCUT2D eigenvalue weighted by atomic mass is 16.5. The van der Waals surface area contributed by atoms with E-state index in [0.29, 0.717) is 24.8 Å². The van der Waals surface area contributed by atoms with Crippen LogP contribution < -0.4 is 0 Å². The van der Waals surface area contributed by atoms with Crippen LogP contribution in [0.25, 0.3) is 0 Å². The maximum atomic E-state index is 12.8. The van der Waals surface area contributed by atoms with E-state index < -0.39 is 0 Å². The maximum Gasteiger partial charge on any atom is 0.231 e. The van der Waals surface area contributed by atoms with Gasteiger partial charge in [0.25, 0.3) is 0 Å². The average molecular weight is 386 g/mol. The summed E-state index contributed by atoms with van der Waals surface area (Å²) in [7, 11) is 0. The van der Waals surface area contributed by atoms with Gasteiger partial charge in [0, 0.05) is 38.0 Å². The van der Waals surface area contributed by atoms with Crippen molar-refractivity contribution in [2.45, 2.75) is 77.6 Å². The number of carbonyl (C=O) groups is 1. The van der Waals surface area contributed by atoms with Crippen molar-refractivity contribution in [2.24, 2.45) is 5.92 Å². The first-order valence-electron chi connectivity index (χ1n) is 10.8. The Bertz CT molecular complexity index is 810. The summed E-state index contributed by atoms with van der Waals surface area (Å²) in [6, 6.07) is 0. The van der Waals surface area contributed by atoms with Gasteiger partial charge in [-0.1, -0.05) is 19.0 Å². The summed E-state index contributed by atoms with van der Waals surface area (Å²) >= 11 is 0. The zero-order valence-corrected chi connectivity index (χ0v) is 17.0. The topological polar surface area (TPSA) is 87.9 Å². The predicted octanol–water partition coefficient (Wildman–Crippen LogP) is 3.21. The van der Waals surface area contributed by atoms with Crippen LogP contribution in [0.1, 0.15) is 80.5 Å². The zero-order valence-electron chi connectivity index (χ0n) is 17.0. The first kappa shape index (κ1) is 19.2. The standard InChI is InChI=1S/C21H31N5O2/c1-14(2)12-19-22-21(28-25-19)15-6-5-11-26(13-15)20(27)10-9-18-16-7-3-4-8-17(16)23-24-18/h14-15H,3-13H2,1-2H3,(H,23,24). The number of rotatable bonds is 6. The molecule has 3 heterocycles. The molecule has 0 bridgehead atoms. The molecule has 1 amide bonds. The van der Waals surface area contributed by atoms with E-state index in [9.17, 15) is 4.79 Å². The molecule has 1 aliphatic heterocycles. The van der Waals surface area contributed by atoms with Gasteiger partial charge in [0.05, 0.1) is 11.6 Å². The number of likely N-dealkylation sites (tertiary alicyclic amines) is 1. The molecule has 0 aromatic carbocycles. The molecule has 1 saturated heterocycles. The summed E-state index contributed by atoms with van der Waals surface area (Å²) in [5.74, 6) is 2.33. The van der Waals surface area contributed by atoms with E-state index in [2.05, 4.69) is 34.2 Å². The molecule has 1 fully saturated rings. The van der Waals surface area contributed by atoms with Gasteiger partial charge < -0.3 is 9.42 Å². The highest BCUT2D eigenvalue weighted by Crippen LogP contribution is 2.27. The Hall–Kier alpha value is -2.18. The molecule has 7 heteroatoms. The van der Waals surface area contributed by atoms with E-state index in [-0.39, 0.29) is 11.8 Å². The number of carbonyl (C=O) groups excluding carboxylic acids is 1. The van der Waals surface area contributed by atoms with Crippen molar-refractivity contribution in [3.05, 3.63) is 28.7 Å². The van der Waals surface area contributed by atoms with Crippen LogP contribution in [0, 0.1) is 5.92 Å². The van der Waals surface area contributed by atoms with Crippen molar-refractivity contribution in [1.29, 1.82) is 0 Å². The van der Waals surface area contributed by atoms with Crippen molar-refractivity contribution in [1.82, 2.24) is 25.2 Å². The summed E-state index contributed by atoms with van der Waals surface area (Å²) in [5.41, 5.74) is 3.73. The molecule has 2 aromatic rings. The second-order valence-electron chi connectivity index (χ2n) is 8.66. The third-order valence-corrected chi connectivity index (χ3v) is 5.92. The smallest absolute Gasteiger partial charge is 0.231 e. The van der Waals surface area contributed by atoms with E-state index in [0.717, 1.165) is 56.6 Å². The molecule has 0 spiro atoms. The number of aromatic amines is 1. The van der Waals surface area contributed by atoms with Gasteiger partial charge in [-0.25, -0.2) is 0 Å². The van der Waals surface area contributed by atoms with Crippen LogP contribution >= 0.6 is 0 Å². The highest BCUT2D eigenvalue weighted by molar-refractivity contribution is 5.76. The summed E-state index contributed by atoms with van der Waals surface area (Å²) in [4.78, 5) is 19.4. The van der Waals surface area contributed by atoms with E-state index >= 15 is 0 Å². The van der Waals surface area contributed by atoms with Crippen LogP contribution in [0.15, 0.2) is 4.52 Å². The van der Waals surface area contributed by atoms with Gasteiger partial charge >= 0.3 is 0 Å². The number of H-pyrrole nitrogens is 1. The maximum absolute atomic E-state index is 12.8. The number of hydrogen-bond acceptors (Lipinski definition) is 5. The van der Waals surface area contributed by atoms with Crippen molar-refractivity contribution in [3.63, 3.8) is 0 Å².